The predicted octanol–water partition coefficient (Wildman–Crippen LogP) is 2.34. The number of Topliss-reactive ketones (excluding diaryl/α,β-unsaturated/α-hetero) is 1. The molecule has 20 heavy (non-hydrogen) atoms. The fourth-order valence-electron chi connectivity index (χ4n) is 1.95. The van der Waals surface area contributed by atoms with Crippen LogP contribution in [0.5, 0.6) is 0 Å². The van der Waals surface area contributed by atoms with E-state index in [4.69, 9.17) is 0 Å². The lowest BCUT2D eigenvalue weighted by molar-refractivity contribution is -0.116. The van der Waals surface area contributed by atoms with Crippen molar-refractivity contribution in [2.24, 2.45) is 0 Å². The van der Waals surface area contributed by atoms with Crippen LogP contribution in [0, 0.1) is 13.8 Å². The van der Waals surface area contributed by atoms with Crippen molar-refractivity contribution in [3.8, 4) is 0 Å². The minimum absolute atomic E-state index is 0.0736. The van der Waals surface area contributed by atoms with Gasteiger partial charge in [-0.05, 0) is 32.9 Å². The number of imidazole rings is 1. The second-order valence-corrected chi connectivity index (χ2v) is 4.69. The smallest absolute Gasteiger partial charge is 0.244 e. The zero-order valence-corrected chi connectivity index (χ0v) is 11.8. The molecule has 5 heteroatoms. The van der Waals surface area contributed by atoms with E-state index in [2.05, 4.69) is 10.3 Å². The summed E-state index contributed by atoms with van der Waals surface area (Å²) in [5.74, 6) is -0.255. The number of benzene rings is 1. The maximum absolute atomic E-state index is 12.0. The van der Waals surface area contributed by atoms with Gasteiger partial charge in [0.25, 0.3) is 0 Å². The standard InChI is InChI=1S/C15H17N3O2/c1-10-11(2)18(9-16-10)8-15(20)17-14-7-5-4-6-13(14)12(3)19/h4-7,9H,8H2,1-3H3,(H,17,20). The summed E-state index contributed by atoms with van der Waals surface area (Å²) < 4.78 is 1.78. The molecule has 0 fully saturated rings. The van der Waals surface area contributed by atoms with Crippen LogP contribution in [0.4, 0.5) is 5.69 Å². The number of nitrogens with zero attached hydrogens (tertiary/aromatic N) is 2. The first-order chi connectivity index (χ1) is 9.49. The van der Waals surface area contributed by atoms with Gasteiger partial charge in [-0.1, -0.05) is 12.1 Å². The highest BCUT2D eigenvalue weighted by Crippen LogP contribution is 2.15. The lowest BCUT2D eigenvalue weighted by Crippen LogP contribution is -2.20. The average Bonchev–Trinajstić information content (AvgIpc) is 2.71. The number of anilines is 1. The van der Waals surface area contributed by atoms with E-state index in [-0.39, 0.29) is 18.2 Å². The minimum Gasteiger partial charge on any atom is -0.325 e. The van der Waals surface area contributed by atoms with Gasteiger partial charge in [0.1, 0.15) is 6.54 Å². The van der Waals surface area contributed by atoms with Crippen LogP contribution in [-0.4, -0.2) is 21.2 Å². The Morgan fingerprint density at radius 2 is 1.95 bits per heavy atom. The molecule has 2 rings (SSSR count). The quantitative estimate of drug-likeness (QED) is 0.868. The van der Waals surface area contributed by atoms with E-state index in [1.807, 2.05) is 13.8 Å². The Morgan fingerprint density at radius 1 is 1.25 bits per heavy atom. The van der Waals surface area contributed by atoms with E-state index < -0.39 is 0 Å². The van der Waals surface area contributed by atoms with Crippen molar-refractivity contribution in [2.45, 2.75) is 27.3 Å². The van der Waals surface area contributed by atoms with Gasteiger partial charge in [-0.15, -0.1) is 0 Å². The highest BCUT2D eigenvalue weighted by molar-refractivity contribution is 6.03. The molecule has 104 valence electrons. The van der Waals surface area contributed by atoms with Gasteiger partial charge in [0.05, 0.1) is 17.7 Å². The fraction of sp³-hybridized carbons (Fsp3) is 0.267. The summed E-state index contributed by atoms with van der Waals surface area (Å²) in [6, 6.07) is 6.98. The second kappa shape index (κ2) is 5.69. The number of carbonyl (C=O) groups is 2. The summed E-state index contributed by atoms with van der Waals surface area (Å²) in [5, 5.41) is 2.77. The number of aryl methyl sites for hydroxylation is 1. The van der Waals surface area contributed by atoms with E-state index in [9.17, 15) is 9.59 Å². The summed E-state index contributed by atoms with van der Waals surface area (Å²) in [4.78, 5) is 27.7. The minimum atomic E-state index is -0.181. The van der Waals surface area contributed by atoms with Crippen LogP contribution in [0.15, 0.2) is 30.6 Å². The third-order valence-corrected chi connectivity index (χ3v) is 3.24. The molecule has 0 unspecified atom stereocenters. The number of rotatable bonds is 4. The van der Waals surface area contributed by atoms with Gasteiger partial charge in [-0.2, -0.15) is 0 Å². The molecule has 0 aliphatic rings. The molecule has 0 aliphatic heterocycles. The van der Waals surface area contributed by atoms with E-state index in [1.165, 1.54) is 6.92 Å². The molecule has 2 aromatic rings. The Bertz CT molecular complexity index is 659. The number of hydrogen-bond donors (Lipinski definition) is 1. The summed E-state index contributed by atoms with van der Waals surface area (Å²) >= 11 is 0. The number of ketones is 1. The molecule has 0 aliphatic carbocycles. The molecule has 0 radical (unpaired) electrons. The Hall–Kier alpha value is -2.43. The summed E-state index contributed by atoms with van der Waals surface area (Å²) in [6.07, 6.45) is 1.64. The number of para-hydroxylation sites is 1. The molecule has 0 saturated carbocycles. The normalized spacial score (nSPS) is 10.3. The van der Waals surface area contributed by atoms with Crippen molar-refractivity contribution < 1.29 is 9.59 Å². The molecule has 5 nitrogen and oxygen atoms in total. The largest absolute Gasteiger partial charge is 0.325 e. The molecule has 1 amide bonds. The molecular formula is C15H17N3O2. The first-order valence-corrected chi connectivity index (χ1v) is 6.37. The van der Waals surface area contributed by atoms with E-state index in [0.717, 1.165) is 11.4 Å². The van der Waals surface area contributed by atoms with Crippen LogP contribution >= 0.6 is 0 Å². The molecule has 0 saturated heterocycles. The van der Waals surface area contributed by atoms with Crippen LogP contribution in [0.25, 0.3) is 0 Å². The maximum Gasteiger partial charge on any atom is 0.244 e. The predicted molar refractivity (Wildman–Crippen MR) is 76.8 cm³/mol. The highest BCUT2D eigenvalue weighted by Gasteiger charge is 2.11. The van der Waals surface area contributed by atoms with Gasteiger partial charge in [0.2, 0.25) is 5.91 Å². The van der Waals surface area contributed by atoms with Crippen LogP contribution in [-0.2, 0) is 11.3 Å². The van der Waals surface area contributed by atoms with Crippen molar-refractivity contribution in [3.63, 3.8) is 0 Å². The molecule has 0 bridgehead atoms. The topological polar surface area (TPSA) is 64.0 Å². The Balaban J connectivity index is 2.13. The van der Waals surface area contributed by atoms with Gasteiger partial charge in [0.15, 0.2) is 5.78 Å². The van der Waals surface area contributed by atoms with Gasteiger partial charge >= 0.3 is 0 Å². The van der Waals surface area contributed by atoms with Crippen LogP contribution < -0.4 is 5.32 Å². The van der Waals surface area contributed by atoms with Crippen LogP contribution in [0.2, 0.25) is 0 Å². The molecule has 0 atom stereocenters. The van der Waals surface area contributed by atoms with E-state index >= 15 is 0 Å². The Kier molecular flexibility index (Phi) is 3.98. The van der Waals surface area contributed by atoms with Gasteiger partial charge < -0.3 is 9.88 Å². The van der Waals surface area contributed by atoms with Crippen molar-refractivity contribution in [1.82, 2.24) is 9.55 Å². The first-order valence-electron chi connectivity index (χ1n) is 6.37. The average molecular weight is 271 g/mol. The fourth-order valence-corrected chi connectivity index (χ4v) is 1.95. The number of amides is 1. The lowest BCUT2D eigenvalue weighted by atomic mass is 10.1. The monoisotopic (exact) mass is 271 g/mol. The third-order valence-electron chi connectivity index (χ3n) is 3.24. The number of carbonyl (C=O) groups excluding carboxylic acids is 2. The molecule has 1 aromatic carbocycles. The van der Waals surface area contributed by atoms with Crippen LogP contribution in [0.3, 0.4) is 0 Å². The van der Waals surface area contributed by atoms with Crippen molar-refractivity contribution in [2.75, 3.05) is 5.32 Å². The highest BCUT2D eigenvalue weighted by atomic mass is 16.2. The molecule has 1 aromatic heterocycles. The molecule has 1 N–H and O–H groups in total. The van der Waals surface area contributed by atoms with E-state index in [0.29, 0.717) is 11.3 Å². The van der Waals surface area contributed by atoms with E-state index in [1.54, 1.807) is 35.2 Å². The summed E-state index contributed by atoms with van der Waals surface area (Å²) in [6.45, 7) is 5.47. The number of hydrogen-bond acceptors (Lipinski definition) is 3. The van der Waals surface area contributed by atoms with Crippen molar-refractivity contribution >= 4 is 17.4 Å². The molecule has 1 heterocycles. The van der Waals surface area contributed by atoms with Crippen molar-refractivity contribution in [3.05, 3.63) is 47.5 Å². The SMILES string of the molecule is CC(=O)c1ccccc1NC(=O)Cn1cnc(C)c1C. The Morgan fingerprint density at radius 3 is 2.55 bits per heavy atom. The lowest BCUT2D eigenvalue weighted by Gasteiger charge is -2.10. The van der Waals surface area contributed by atoms with Crippen molar-refractivity contribution in [1.29, 1.82) is 0 Å². The number of nitrogens with one attached hydrogen (secondary N) is 1. The first kappa shape index (κ1) is 14.0. The molecular weight excluding hydrogens is 254 g/mol. The zero-order chi connectivity index (χ0) is 14.7. The summed E-state index contributed by atoms with van der Waals surface area (Å²) in [7, 11) is 0. The maximum atomic E-state index is 12.0. The third kappa shape index (κ3) is 2.93. The summed E-state index contributed by atoms with van der Waals surface area (Å²) in [5.41, 5.74) is 2.92. The van der Waals surface area contributed by atoms with Gasteiger partial charge in [-0.3, -0.25) is 9.59 Å². The van der Waals surface area contributed by atoms with Gasteiger partial charge in [-0.25, -0.2) is 4.98 Å². The Labute approximate surface area is 117 Å². The molecule has 0 spiro atoms. The van der Waals surface area contributed by atoms with Crippen LogP contribution in [0.1, 0.15) is 28.7 Å². The van der Waals surface area contributed by atoms with Gasteiger partial charge in [0, 0.05) is 11.3 Å². The second-order valence-electron chi connectivity index (χ2n) is 4.69. The number of aromatic nitrogens is 2. The zero-order valence-electron chi connectivity index (χ0n) is 11.8.